The standard InChI is InChI=1S/C12H19NO3S/c1-5-16-11-7-10(8(2)3)12(6-9(11)4)17(13,14)15/h6-8H,5H2,1-4H3,(H2,13,14,15). The molecule has 1 rings (SSSR count). The van der Waals surface area contributed by atoms with Crippen molar-refractivity contribution in [1.29, 1.82) is 0 Å². The second kappa shape index (κ2) is 5.06. The number of rotatable bonds is 4. The van der Waals surface area contributed by atoms with E-state index < -0.39 is 10.0 Å². The van der Waals surface area contributed by atoms with Gasteiger partial charge in [-0.15, -0.1) is 0 Å². The van der Waals surface area contributed by atoms with Gasteiger partial charge in [-0.2, -0.15) is 0 Å². The first-order chi connectivity index (χ1) is 7.77. The summed E-state index contributed by atoms with van der Waals surface area (Å²) in [6.07, 6.45) is 0. The highest BCUT2D eigenvalue weighted by Gasteiger charge is 2.18. The molecule has 0 aliphatic rings. The maximum Gasteiger partial charge on any atom is 0.238 e. The summed E-state index contributed by atoms with van der Waals surface area (Å²) in [5.41, 5.74) is 1.47. The predicted molar refractivity (Wildman–Crippen MR) is 67.8 cm³/mol. The Morgan fingerprint density at radius 1 is 1.35 bits per heavy atom. The molecule has 0 aliphatic heterocycles. The molecule has 0 aliphatic carbocycles. The summed E-state index contributed by atoms with van der Waals surface area (Å²) in [7, 11) is -3.69. The first-order valence-electron chi connectivity index (χ1n) is 5.57. The number of benzene rings is 1. The fraction of sp³-hybridized carbons (Fsp3) is 0.500. The molecule has 96 valence electrons. The summed E-state index contributed by atoms with van der Waals surface area (Å²) in [6, 6.07) is 3.35. The van der Waals surface area contributed by atoms with Gasteiger partial charge >= 0.3 is 0 Å². The van der Waals surface area contributed by atoms with E-state index >= 15 is 0 Å². The van der Waals surface area contributed by atoms with E-state index in [1.54, 1.807) is 12.1 Å². The zero-order chi connectivity index (χ0) is 13.2. The summed E-state index contributed by atoms with van der Waals surface area (Å²) in [5, 5.41) is 5.22. The Kier molecular flexibility index (Phi) is 4.16. The third-order valence-corrected chi connectivity index (χ3v) is 3.50. The SMILES string of the molecule is CCOc1cc(C(C)C)c(S(N)(=O)=O)cc1C. The molecule has 0 saturated carbocycles. The predicted octanol–water partition coefficient (Wildman–Crippen LogP) is 2.16. The summed E-state index contributed by atoms with van der Waals surface area (Å²) in [4.78, 5) is 0.188. The van der Waals surface area contributed by atoms with E-state index in [0.29, 0.717) is 17.9 Å². The van der Waals surface area contributed by atoms with Crippen LogP contribution in [-0.4, -0.2) is 15.0 Å². The average molecular weight is 257 g/mol. The first kappa shape index (κ1) is 14.0. The van der Waals surface area contributed by atoms with E-state index in [4.69, 9.17) is 9.88 Å². The Balaban J connectivity index is 3.47. The fourth-order valence-electron chi connectivity index (χ4n) is 1.69. The maximum atomic E-state index is 11.5. The van der Waals surface area contributed by atoms with Crippen LogP contribution in [0.2, 0.25) is 0 Å². The lowest BCUT2D eigenvalue weighted by Gasteiger charge is -2.15. The van der Waals surface area contributed by atoms with Gasteiger partial charge in [0, 0.05) is 0 Å². The van der Waals surface area contributed by atoms with E-state index in [1.165, 1.54) is 0 Å². The van der Waals surface area contributed by atoms with Crippen LogP contribution in [0.15, 0.2) is 17.0 Å². The van der Waals surface area contributed by atoms with Gasteiger partial charge in [0.05, 0.1) is 11.5 Å². The van der Waals surface area contributed by atoms with Crippen molar-refractivity contribution in [3.63, 3.8) is 0 Å². The summed E-state index contributed by atoms with van der Waals surface area (Å²) >= 11 is 0. The van der Waals surface area contributed by atoms with Gasteiger partial charge in [0.25, 0.3) is 0 Å². The Hall–Kier alpha value is -1.07. The van der Waals surface area contributed by atoms with Crippen molar-refractivity contribution >= 4 is 10.0 Å². The average Bonchev–Trinajstić information content (AvgIpc) is 2.19. The second-order valence-corrected chi connectivity index (χ2v) is 5.82. The normalized spacial score (nSPS) is 11.9. The lowest BCUT2D eigenvalue weighted by atomic mass is 10.0. The van der Waals surface area contributed by atoms with Crippen LogP contribution in [0.4, 0.5) is 0 Å². The Morgan fingerprint density at radius 3 is 2.35 bits per heavy atom. The van der Waals surface area contributed by atoms with Crippen LogP contribution in [0, 0.1) is 6.92 Å². The zero-order valence-corrected chi connectivity index (χ0v) is 11.5. The largest absolute Gasteiger partial charge is 0.494 e. The summed E-state index contributed by atoms with van der Waals surface area (Å²) < 4.78 is 28.5. The molecule has 0 unspecified atom stereocenters. The van der Waals surface area contributed by atoms with Crippen molar-refractivity contribution < 1.29 is 13.2 Å². The topological polar surface area (TPSA) is 69.4 Å². The van der Waals surface area contributed by atoms with Crippen molar-refractivity contribution in [1.82, 2.24) is 0 Å². The first-order valence-corrected chi connectivity index (χ1v) is 7.12. The summed E-state index contributed by atoms with van der Waals surface area (Å²) in [5.74, 6) is 0.784. The molecule has 0 atom stereocenters. The van der Waals surface area contributed by atoms with Crippen molar-refractivity contribution in [2.75, 3.05) is 6.61 Å². The van der Waals surface area contributed by atoms with E-state index in [-0.39, 0.29) is 10.8 Å². The Bertz CT molecular complexity index is 507. The number of aryl methyl sites for hydroxylation is 1. The van der Waals surface area contributed by atoms with Crippen LogP contribution in [0.5, 0.6) is 5.75 Å². The van der Waals surface area contributed by atoms with Crippen molar-refractivity contribution in [2.24, 2.45) is 5.14 Å². The number of hydrogen-bond donors (Lipinski definition) is 1. The molecule has 17 heavy (non-hydrogen) atoms. The number of primary sulfonamides is 1. The Labute approximate surface area is 103 Å². The molecule has 0 fully saturated rings. The minimum atomic E-state index is -3.69. The number of nitrogens with two attached hydrogens (primary N) is 1. The van der Waals surface area contributed by atoms with Gasteiger partial charge in [-0.05, 0) is 43.0 Å². The molecule has 4 nitrogen and oxygen atoms in total. The molecule has 2 N–H and O–H groups in total. The van der Waals surface area contributed by atoms with Gasteiger partial charge in [-0.25, -0.2) is 13.6 Å². The monoisotopic (exact) mass is 257 g/mol. The second-order valence-electron chi connectivity index (χ2n) is 4.29. The minimum absolute atomic E-state index is 0.0723. The van der Waals surface area contributed by atoms with Crippen molar-refractivity contribution in [3.05, 3.63) is 23.3 Å². The van der Waals surface area contributed by atoms with E-state index in [0.717, 1.165) is 5.56 Å². The van der Waals surface area contributed by atoms with Gasteiger partial charge in [0.15, 0.2) is 0 Å². The van der Waals surface area contributed by atoms with Gasteiger partial charge in [0.2, 0.25) is 10.0 Å². The van der Waals surface area contributed by atoms with Crippen LogP contribution in [-0.2, 0) is 10.0 Å². The third kappa shape index (κ3) is 3.20. The van der Waals surface area contributed by atoms with Crippen LogP contribution in [0.1, 0.15) is 37.8 Å². The van der Waals surface area contributed by atoms with Gasteiger partial charge in [-0.3, -0.25) is 0 Å². The molecular weight excluding hydrogens is 238 g/mol. The van der Waals surface area contributed by atoms with Crippen LogP contribution in [0.3, 0.4) is 0 Å². The Morgan fingerprint density at radius 2 is 1.94 bits per heavy atom. The molecule has 0 aromatic heterocycles. The molecule has 1 aromatic carbocycles. The summed E-state index contributed by atoms with van der Waals surface area (Å²) in [6.45, 7) is 8.10. The van der Waals surface area contributed by atoms with Crippen LogP contribution in [0.25, 0.3) is 0 Å². The molecule has 0 saturated heterocycles. The molecule has 1 aromatic rings. The minimum Gasteiger partial charge on any atom is -0.494 e. The number of ether oxygens (including phenoxy) is 1. The van der Waals surface area contributed by atoms with Crippen molar-refractivity contribution in [2.45, 2.75) is 38.5 Å². The van der Waals surface area contributed by atoms with Crippen LogP contribution >= 0.6 is 0 Å². The third-order valence-electron chi connectivity index (χ3n) is 2.54. The number of hydrogen-bond acceptors (Lipinski definition) is 3. The molecule has 0 heterocycles. The van der Waals surface area contributed by atoms with E-state index in [2.05, 4.69) is 0 Å². The molecule has 0 radical (unpaired) electrons. The van der Waals surface area contributed by atoms with Gasteiger partial charge in [0.1, 0.15) is 5.75 Å². The number of sulfonamides is 1. The smallest absolute Gasteiger partial charge is 0.238 e. The van der Waals surface area contributed by atoms with Gasteiger partial charge < -0.3 is 4.74 Å². The molecule has 0 spiro atoms. The maximum absolute atomic E-state index is 11.5. The van der Waals surface area contributed by atoms with Crippen LogP contribution < -0.4 is 9.88 Å². The molecule has 0 amide bonds. The van der Waals surface area contributed by atoms with E-state index in [9.17, 15) is 8.42 Å². The highest BCUT2D eigenvalue weighted by Crippen LogP contribution is 2.30. The zero-order valence-electron chi connectivity index (χ0n) is 10.6. The fourth-order valence-corrected chi connectivity index (χ4v) is 2.65. The highest BCUT2D eigenvalue weighted by molar-refractivity contribution is 7.89. The van der Waals surface area contributed by atoms with E-state index in [1.807, 2.05) is 27.7 Å². The quantitative estimate of drug-likeness (QED) is 0.898. The molecule has 0 bridgehead atoms. The lowest BCUT2D eigenvalue weighted by molar-refractivity contribution is 0.337. The lowest BCUT2D eigenvalue weighted by Crippen LogP contribution is -2.15. The molecule has 5 heteroatoms. The highest BCUT2D eigenvalue weighted by atomic mass is 32.2. The van der Waals surface area contributed by atoms with Crippen molar-refractivity contribution in [3.8, 4) is 5.75 Å². The van der Waals surface area contributed by atoms with Gasteiger partial charge in [-0.1, -0.05) is 13.8 Å². The molecular formula is C12H19NO3S.